The number of methoxy groups -OCH3 is 1. The van der Waals surface area contributed by atoms with Crippen LogP contribution in [0.1, 0.15) is 10.5 Å². The van der Waals surface area contributed by atoms with Crippen molar-refractivity contribution in [2.24, 2.45) is 0 Å². The fourth-order valence-corrected chi connectivity index (χ4v) is 4.21. The highest BCUT2D eigenvalue weighted by atomic mass is 35.5. The van der Waals surface area contributed by atoms with E-state index in [9.17, 15) is 23.1 Å². The van der Waals surface area contributed by atoms with Crippen LogP contribution in [0, 0.1) is 0 Å². The van der Waals surface area contributed by atoms with Crippen molar-refractivity contribution in [2.75, 3.05) is 13.7 Å². The maximum absolute atomic E-state index is 12.9. The van der Waals surface area contributed by atoms with Gasteiger partial charge in [0, 0.05) is 11.6 Å². The number of hydrogen-bond acceptors (Lipinski definition) is 7. The number of ether oxygens (including phenoxy) is 1. The van der Waals surface area contributed by atoms with Crippen LogP contribution in [0.5, 0.6) is 5.75 Å². The molecule has 146 valence electrons. The van der Waals surface area contributed by atoms with Gasteiger partial charge in [0.25, 0.3) is 15.9 Å². The van der Waals surface area contributed by atoms with Crippen LogP contribution in [0.3, 0.4) is 0 Å². The zero-order chi connectivity index (χ0) is 20.5. The Labute approximate surface area is 164 Å². The van der Waals surface area contributed by atoms with Crippen molar-refractivity contribution in [1.29, 1.82) is 0 Å². The average Bonchev–Trinajstić information content (AvgIpc) is 3.16. The number of carbonyl (C=O) groups is 2. The van der Waals surface area contributed by atoms with Crippen molar-refractivity contribution < 1.29 is 27.9 Å². The van der Waals surface area contributed by atoms with Crippen molar-refractivity contribution in [2.45, 2.75) is 4.90 Å². The normalized spacial score (nSPS) is 11.4. The standard InChI is InChI=1S/C17H14ClN3O6S/c1-27-12(22)9-19-17(24)13-15(23)11-7-8-21(14(11)16(18)20-13)28(25,26)10-5-3-2-4-6-10/h2-8,23H,9H2,1H3,(H,19,24). The predicted molar refractivity (Wildman–Crippen MR) is 99.8 cm³/mol. The number of carbonyl (C=O) groups excluding carboxylic acids is 2. The van der Waals surface area contributed by atoms with Crippen LogP contribution in [-0.2, 0) is 19.6 Å². The Hall–Kier alpha value is -3.11. The van der Waals surface area contributed by atoms with Gasteiger partial charge in [-0.1, -0.05) is 29.8 Å². The molecule has 28 heavy (non-hydrogen) atoms. The Morgan fingerprint density at radius 3 is 2.57 bits per heavy atom. The van der Waals surface area contributed by atoms with Crippen molar-refractivity contribution >= 4 is 44.4 Å². The molecular formula is C17H14ClN3O6S. The third-order valence-corrected chi connectivity index (χ3v) is 5.83. The van der Waals surface area contributed by atoms with E-state index in [2.05, 4.69) is 15.0 Å². The van der Waals surface area contributed by atoms with E-state index < -0.39 is 39.9 Å². The molecule has 0 unspecified atom stereocenters. The lowest BCUT2D eigenvalue weighted by Gasteiger charge is -2.10. The lowest BCUT2D eigenvalue weighted by molar-refractivity contribution is -0.139. The van der Waals surface area contributed by atoms with Crippen LogP contribution in [0.25, 0.3) is 10.9 Å². The van der Waals surface area contributed by atoms with Gasteiger partial charge in [-0.15, -0.1) is 0 Å². The van der Waals surface area contributed by atoms with Crippen LogP contribution >= 0.6 is 11.6 Å². The molecule has 0 aliphatic heterocycles. The van der Waals surface area contributed by atoms with Gasteiger partial charge in [-0.05, 0) is 18.2 Å². The number of pyridine rings is 1. The molecule has 0 atom stereocenters. The van der Waals surface area contributed by atoms with Crippen molar-refractivity contribution in [1.82, 2.24) is 14.3 Å². The number of fused-ring (bicyclic) bond motifs is 1. The highest BCUT2D eigenvalue weighted by Crippen LogP contribution is 2.34. The molecule has 0 bridgehead atoms. The highest BCUT2D eigenvalue weighted by Gasteiger charge is 2.26. The molecule has 0 saturated heterocycles. The molecule has 9 nitrogen and oxygen atoms in total. The second-order valence-corrected chi connectivity index (χ2v) is 7.72. The number of aromatic hydroxyl groups is 1. The Morgan fingerprint density at radius 1 is 1.25 bits per heavy atom. The molecule has 3 aromatic rings. The van der Waals surface area contributed by atoms with Crippen molar-refractivity contribution in [3.63, 3.8) is 0 Å². The van der Waals surface area contributed by atoms with Crippen LogP contribution in [-0.4, -0.2) is 48.0 Å². The summed E-state index contributed by atoms with van der Waals surface area (Å²) >= 11 is 6.13. The van der Waals surface area contributed by atoms with E-state index in [-0.39, 0.29) is 21.0 Å². The fourth-order valence-electron chi connectivity index (χ4n) is 2.51. The smallest absolute Gasteiger partial charge is 0.325 e. The van der Waals surface area contributed by atoms with Gasteiger partial charge in [0.05, 0.1) is 12.0 Å². The molecule has 1 amide bonds. The van der Waals surface area contributed by atoms with E-state index in [4.69, 9.17) is 11.6 Å². The van der Waals surface area contributed by atoms with E-state index in [0.717, 1.165) is 11.1 Å². The van der Waals surface area contributed by atoms with Gasteiger partial charge >= 0.3 is 5.97 Å². The number of rotatable bonds is 5. The van der Waals surface area contributed by atoms with Gasteiger partial charge in [0.1, 0.15) is 12.1 Å². The first-order valence-electron chi connectivity index (χ1n) is 7.82. The zero-order valence-corrected chi connectivity index (χ0v) is 16.0. The quantitative estimate of drug-likeness (QED) is 0.470. The summed E-state index contributed by atoms with van der Waals surface area (Å²) in [5.41, 5.74) is -0.524. The Kier molecular flexibility index (Phi) is 5.25. The summed E-state index contributed by atoms with van der Waals surface area (Å²) < 4.78 is 31.0. The monoisotopic (exact) mass is 423 g/mol. The second-order valence-electron chi connectivity index (χ2n) is 5.55. The lowest BCUT2D eigenvalue weighted by Crippen LogP contribution is -2.30. The van der Waals surface area contributed by atoms with Crippen molar-refractivity contribution in [3.8, 4) is 5.75 Å². The maximum atomic E-state index is 12.9. The average molecular weight is 424 g/mol. The topological polar surface area (TPSA) is 128 Å². The molecule has 2 N–H and O–H groups in total. The lowest BCUT2D eigenvalue weighted by atomic mass is 10.2. The number of esters is 1. The molecule has 0 fully saturated rings. The largest absolute Gasteiger partial charge is 0.505 e. The van der Waals surface area contributed by atoms with E-state index in [1.54, 1.807) is 18.2 Å². The summed E-state index contributed by atoms with van der Waals surface area (Å²) in [7, 11) is -2.84. The summed E-state index contributed by atoms with van der Waals surface area (Å²) in [5.74, 6) is -2.13. The molecular weight excluding hydrogens is 410 g/mol. The minimum atomic E-state index is -4.00. The number of nitrogens with zero attached hydrogens (tertiary/aromatic N) is 2. The zero-order valence-electron chi connectivity index (χ0n) is 14.4. The summed E-state index contributed by atoms with van der Waals surface area (Å²) in [6.07, 6.45) is 1.20. The number of hydrogen-bond donors (Lipinski definition) is 2. The first-order valence-corrected chi connectivity index (χ1v) is 9.64. The molecule has 0 saturated carbocycles. The fraction of sp³-hybridized carbons (Fsp3) is 0.118. The van der Waals surface area contributed by atoms with E-state index >= 15 is 0 Å². The van der Waals surface area contributed by atoms with Gasteiger partial charge < -0.3 is 15.2 Å². The van der Waals surface area contributed by atoms with Crippen LogP contribution in [0.15, 0.2) is 47.5 Å². The number of halogens is 1. The highest BCUT2D eigenvalue weighted by molar-refractivity contribution is 7.90. The van der Waals surface area contributed by atoms with Gasteiger partial charge in [0.15, 0.2) is 16.6 Å². The predicted octanol–water partition coefficient (Wildman–Crippen LogP) is 1.54. The molecule has 0 aliphatic rings. The third kappa shape index (κ3) is 3.39. The summed E-state index contributed by atoms with van der Waals surface area (Å²) in [6.45, 7) is -0.435. The summed E-state index contributed by atoms with van der Waals surface area (Å²) in [5, 5.41) is 12.3. The molecule has 0 aliphatic carbocycles. The van der Waals surface area contributed by atoms with Gasteiger partial charge in [-0.25, -0.2) is 17.4 Å². The Balaban J connectivity index is 2.08. The SMILES string of the molecule is COC(=O)CNC(=O)c1nc(Cl)c2c(ccn2S(=O)(=O)c2ccccc2)c1O. The summed E-state index contributed by atoms with van der Waals surface area (Å²) in [4.78, 5) is 27.2. The number of nitrogens with one attached hydrogen (secondary N) is 1. The Morgan fingerprint density at radius 2 is 1.93 bits per heavy atom. The molecule has 1 aromatic carbocycles. The van der Waals surface area contributed by atoms with Crippen LogP contribution in [0.2, 0.25) is 5.15 Å². The first kappa shape index (κ1) is 19.6. The van der Waals surface area contributed by atoms with Crippen LogP contribution < -0.4 is 5.32 Å². The number of aromatic nitrogens is 2. The van der Waals surface area contributed by atoms with E-state index in [1.807, 2.05) is 0 Å². The minimum Gasteiger partial charge on any atom is -0.505 e. The molecule has 11 heteroatoms. The number of amides is 1. The maximum Gasteiger partial charge on any atom is 0.325 e. The van der Waals surface area contributed by atoms with E-state index in [0.29, 0.717) is 0 Å². The molecule has 3 rings (SSSR count). The molecule has 0 spiro atoms. The second kappa shape index (κ2) is 7.49. The summed E-state index contributed by atoms with van der Waals surface area (Å²) in [6, 6.07) is 8.94. The minimum absolute atomic E-state index is 0.0164. The van der Waals surface area contributed by atoms with E-state index in [1.165, 1.54) is 24.4 Å². The number of benzene rings is 1. The first-order chi connectivity index (χ1) is 13.3. The van der Waals surface area contributed by atoms with Gasteiger partial charge in [0.2, 0.25) is 0 Å². The molecule has 0 radical (unpaired) electrons. The van der Waals surface area contributed by atoms with Gasteiger partial charge in [-0.3, -0.25) is 9.59 Å². The third-order valence-electron chi connectivity index (χ3n) is 3.87. The van der Waals surface area contributed by atoms with Crippen LogP contribution in [0.4, 0.5) is 0 Å². The molecule has 2 aromatic heterocycles. The molecule has 2 heterocycles. The van der Waals surface area contributed by atoms with Gasteiger partial charge in [-0.2, -0.15) is 0 Å². The Bertz CT molecular complexity index is 1170. The van der Waals surface area contributed by atoms with Crippen molar-refractivity contribution in [3.05, 3.63) is 53.4 Å².